The first-order valence-corrected chi connectivity index (χ1v) is 18.6. The first-order chi connectivity index (χ1) is 23.9. The Balaban J connectivity index is 6.09. The molecule has 5 amide bonds. The number of halogens is 2. The predicted molar refractivity (Wildman–Crippen MR) is 195 cm³/mol. The van der Waals surface area contributed by atoms with Gasteiger partial charge in [-0.1, -0.05) is 61.3 Å². The van der Waals surface area contributed by atoms with Crippen LogP contribution in [-0.2, 0) is 33.5 Å². The molecule has 0 aromatic heterocycles. The minimum atomic E-state index is -4.40. The Hall–Kier alpha value is -3.36. The minimum Gasteiger partial charge on any atom is -0.460 e. The molecule has 0 bridgehead atoms. The predicted octanol–water partition coefficient (Wildman–Crippen LogP) is 3.80. The van der Waals surface area contributed by atoms with Crippen molar-refractivity contribution in [1.29, 1.82) is 0 Å². The fraction of sp³-hybridized carbons (Fsp3) is 0.838. The van der Waals surface area contributed by atoms with Gasteiger partial charge in [0, 0.05) is 33.5 Å². The molecule has 0 aliphatic heterocycles. The molecule has 0 aromatic rings. The number of esters is 1. The summed E-state index contributed by atoms with van der Waals surface area (Å²) >= 11 is 0. The number of hydrogen-bond acceptors (Lipinski definition) is 8. The lowest BCUT2D eigenvalue weighted by Crippen LogP contribution is -2.62. The highest BCUT2D eigenvalue weighted by Gasteiger charge is 2.52. The van der Waals surface area contributed by atoms with Crippen LogP contribution in [0.5, 0.6) is 0 Å². The number of amides is 5. The van der Waals surface area contributed by atoms with Crippen molar-refractivity contribution in [3.63, 3.8) is 0 Å². The van der Waals surface area contributed by atoms with Gasteiger partial charge in [0.15, 0.2) is 0 Å². The fourth-order valence-electron chi connectivity index (χ4n) is 5.55. The van der Waals surface area contributed by atoms with E-state index in [1.54, 1.807) is 69.2 Å². The topological polar surface area (TPSA) is 174 Å². The summed E-state index contributed by atoms with van der Waals surface area (Å²) in [5.41, 5.74) is -0.661. The van der Waals surface area contributed by atoms with Gasteiger partial charge in [-0.25, -0.2) is 0 Å². The van der Waals surface area contributed by atoms with E-state index >= 15 is 8.78 Å². The van der Waals surface area contributed by atoms with Crippen LogP contribution in [0.25, 0.3) is 0 Å². The van der Waals surface area contributed by atoms with Crippen molar-refractivity contribution < 1.29 is 47.4 Å². The SMILES string of the molecule is CCC[C@H](NC(=O)[C@H]([C@@H](C)CC)N(C)C(=O)CCCC(=O)OC(C)(C)C)C(=O)N[C@@H](CC(C)C)[C@@H](O)C(F)(F)C(=O)N[C@H](C(=O)N(C)CC)C(C)C. The first-order valence-electron chi connectivity index (χ1n) is 18.6. The molecule has 0 radical (unpaired) electrons. The van der Waals surface area contributed by atoms with Gasteiger partial charge in [-0.05, 0) is 64.7 Å². The summed E-state index contributed by atoms with van der Waals surface area (Å²) in [6.45, 7) is 19.2. The van der Waals surface area contributed by atoms with Crippen LogP contribution >= 0.6 is 0 Å². The molecule has 302 valence electrons. The number of aliphatic hydroxyl groups is 1. The second-order valence-corrected chi connectivity index (χ2v) is 15.5. The highest BCUT2D eigenvalue weighted by molar-refractivity contribution is 5.93. The maximum absolute atomic E-state index is 15.6. The molecular formula is C37H67F2N5O8. The maximum atomic E-state index is 15.6. The van der Waals surface area contributed by atoms with Crippen molar-refractivity contribution in [2.75, 3.05) is 20.6 Å². The van der Waals surface area contributed by atoms with Gasteiger partial charge in [0.05, 0.1) is 6.04 Å². The molecule has 0 aliphatic rings. The van der Waals surface area contributed by atoms with Crippen LogP contribution in [0.3, 0.4) is 0 Å². The van der Waals surface area contributed by atoms with E-state index in [1.807, 2.05) is 6.92 Å². The first kappa shape index (κ1) is 48.6. The quantitative estimate of drug-likeness (QED) is 0.121. The molecule has 0 saturated heterocycles. The zero-order chi connectivity index (χ0) is 40.7. The number of rotatable bonds is 22. The molecular weight excluding hydrogens is 680 g/mol. The van der Waals surface area contributed by atoms with Crippen LogP contribution < -0.4 is 16.0 Å². The summed E-state index contributed by atoms with van der Waals surface area (Å²) in [5, 5.41) is 18.2. The van der Waals surface area contributed by atoms with Crippen molar-refractivity contribution >= 4 is 35.5 Å². The monoisotopic (exact) mass is 747 g/mol. The van der Waals surface area contributed by atoms with E-state index in [9.17, 15) is 33.9 Å². The highest BCUT2D eigenvalue weighted by atomic mass is 19.3. The summed E-state index contributed by atoms with van der Waals surface area (Å²) in [4.78, 5) is 80.9. The van der Waals surface area contributed by atoms with Crippen molar-refractivity contribution in [2.45, 2.75) is 163 Å². The lowest BCUT2D eigenvalue weighted by Gasteiger charge is -2.34. The molecule has 0 unspecified atom stereocenters. The van der Waals surface area contributed by atoms with E-state index in [0.717, 1.165) is 0 Å². The Morgan fingerprint density at radius 2 is 1.42 bits per heavy atom. The smallest absolute Gasteiger partial charge is 0.351 e. The van der Waals surface area contributed by atoms with E-state index in [-0.39, 0.29) is 56.4 Å². The van der Waals surface area contributed by atoms with Gasteiger partial charge >= 0.3 is 11.9 Å². The third-order valence-electron chi connectivity index (χ3n) is 8.84. The number of aliphatic hydroxyl groups excluding tert-OH is 1. The van der Waals surface area contributed by atoms with E-state index in [2.05, 4.69) is 16.0 Å². The van der Waals surface area contributed by atoms with Crippen molar-refractivity contribution in [3.05, 3.63) is 0 Å². The molecule has 52 heavy (non-hydrogen) atoms. The molecule has 0 rings (SSSR count). The number of hydrogen-bond donors (Lipinski definition) is 4. The van der Waals surface area contributed by atoms with Crippen LogP contribution in [0.2, 0.25) is 0 Å². The average Bonchev–Trinajstić information content (AvgIpc) is 3.03. The molecule has 0 aromatic carbocycles. The number of ether oxygens (including phenoxy) is 1. The third-order valence-corrected chi connectivity index (χ3v) is 8.84. The summed E-state index contributed by atoms with van der Waals surface area (Å²) in [6, 6.07) is -5.07. The van der Waals surface area contributed by atoms with Crippen LogP contribution in [-0.4, -0.2) is 113 Å². The third kappa shape index (κ3) is 15.7. The lowest BCUT2D eigenvalue weighted by atomic mass is 9.93. The maximum Gasteiger partial charge on any atom is 0.351 e. The van der Waals surface area contributed by atoms with Crippen molar-refractivity contribution in [3.8, 4) is 0 Å². The largest absolute Gasteiger partial charge is 0.460 e. The number of nitrogens with one attached hydrogen (secondary N) is 3. The van der Waals surface area contributed by atoms with Crippen LogP contribution in [0.15, 0.2) is 0 Å². The molecule has 0 saturated carbocycles. The van der Waals surface area contributed by atoms with Crippen molar-refractivity contribution in [2.24, 2.45) is 17.8 Å². The molecule has 0 spiro atoms. The Morgan fingerprint density at radius 1 is 0.846 bits per heavy atom. The molecule has 0 fully saturated rings. The van der Waals surface area contributed by atoms with Crippen LogP contribution in [0.1, 0.15) is 121 Å². The minimum absolute atomic E-state index is 0.0204. The van der Waals surface area contributed by atoms with Crippen LogP contribution in [0.4, 0.5) is 8.78 Å². The summed E-state index contributed by atoms with van der Waals surface area (Å²) in [7, 11) is 2.95. The molecule has 0 aliphatic carbocycles. The Kier molecular flexibility index (Phi) is 20.6. The molecule has 13 nitrogen and oxygen atoms in total. The zero-order valence-corrected chi connectivity index (χ0v) is 33.7. The number of nitrogens with zero attached hydrogens (tertiary/aromatic N) is 2. The lowest BCUT2D eigenvalue weighted by molar-refractivity contribution is -0.170. The highest BCUT2D eigenvalue weighted by Crippen LogP contribution is 2.26. The van der Waals surface area contributed by atoms with E-state index in [4.69, 9.17) is 4.74 Å². The number of likely N-dealkylation sites (N-methyl/N-ethyl adjacent to an activating group) is 2. The van der Waals surface area contributed by atoms with Gasteiger partial charge in [0.1, 0.15) is 29.8 Å². The van der Waals surface area contributed by atoms with Gasteiger partial charge in [0.2, 0.25) is 23.6 Å². The normalized spacial score (nSPS) is 15.5. The van der Waals surface area contributed by atoms with Gasteiger partial charge in [-0.2, -0.15) is 8.78 Å². The van der Waals surface area contributed by atoms with E-state index in [0.29, 0.717) is 12.8 Å². The average molecular weight is 748 g/mol. The van der Waals surface area contributed by atoms with Crippen LogP contribution in [0, 0.1) is 17.8 Å². The molecule has 0 heterocycles. The van der Waals surface area contributed by atoms with Gasteiger partial charge in [0.25, 0.3) is 5.91 Å². The second-order valence-electron chi connectivity index (χ2n) is 15.5. The number of carbonyl (C=O) groups is 6. The Bertz CT molecular complexity index is 1190. The van der Waals surface area contributed by atoms with Gasteiger partial charge in [-0.3, -0.25) is 28.8 Å². The number of carbonyl (C=O) groups excluding carboxylic acids is 6. The molecule has 6 atom stereocenters. The van der Waals surface area contributed by atoms with Gasteiger partial charge in [-0.15, -0.1) is 0 Å². The molecule has 4 N–H and O–H groups in total. The fourth-order valence-corrected chi connectivity index (χ4v) is 5.55. The Morgan fingerprint density at radius 3 is 1.88 bits per heavy atom. The van der Waals surface area contributed by atoms with E-state index in [1.165, 1.54) is 23.9 Å². The van der Waals surface area contributed by atoms with Crippen molar-refractivity contribution in [1.82, 2.24) is 25.8 Å². The second kappa shape index (κ2) is 22.0. The molecule has 15 heteroatoms. The Labute approximate surface area is 309 Å². The van der Waals surface area contributed by atoms with E-state index < -0.39 is 77.3 Å². The zero-order valence-electron chi connectivity index (χ0n) is 33.7. The van der Waals surface area contributed by atoms with Gasteiger partial charge < -0.3 is 35.6 Å². The summed E-state index contributed by atoms with van der Waals surface area (Å²) in [6.07, 6.45) is -1.55. The standard InChI is InChI=1S/C37H67F2N5O8/c1-14-18-25(40-33(49)30(24(8)15-2)44(13)27(45)19-17-20-28(46)52-36(9,10)11)32(48)41-26(21-22(4)5)31(47)37(38,39)35(51)42-29(23(6)7)34(50)43(12)16-3/h22-26,29-31,47H,14-21H2,1-13H3,(H,40,49)(H,41,48)(H,42,51)/t24-,25-,26-,29-,30-,31+/m0/s1. The summed E-state index contributed by atoms with van der Waals surface area (Å²) in [5.74, 6) is -10.3. The number of alkyl halides is 2. The summed E-state index contributed by atoms with van der Waals surface area (Å²) < 4.78 is 36.5.